The Morgan fingerprint density at radius 1 is 1.25 bits per heavy atom. The molecule has 102 valence electrons. The zero-order chi connectivity index (χ0) is 14.7. The molecule has 0 aliphatic carbocycles. The van der Waals surface area contributed by atoms with E-state index in [1.807, 2.05) is 0 Å². The molecule has 2 aromatic carbocycles. The fraction of sp³-hybridized carbons (Fsp3) is 0. The highest BCUT2D eigenvalue weighted by Crippen LogP contribution is 2.22. The van der Waals surface area contributed by atoms with Crippen LogP contribution in [-0.2, 0) is 0 Å². The molecule has 4 nitrogen and oxygen atoms in total. The van der Waals surface area contributed by atoms with Crippen LogP contribution < -0.4 is 11.1 Å². The number of hydrogen-bond acceptors (Lipinski definition) is 3. The maximum atomic E-state index is 12.1. The van der Waals surface area contributed by atoms with Crippen molar-refractivity contribution in [2.24, 2.45) is 5.73 Å². The van der Waals surface area contributed by atoms with Crippen LogP contribution in [0.4, 0.5) is 5.69 Å². The van der Waals surface area contributed by atoms with Gasteiger partial charge in [-0.1, -0.05) is 34.2 Å². The summed E-state index contributed by atoms with van der Waals surface area (Å²) in [7, 11) is 0. The molecule has 0 radical (unpaired) electrons. The molecule has 2 aromatic rings. The maximum Gasteiger partial charge on any atom is 0.255 e. The van der Waals surface area contributed by atoms with Crippen LogP contribution in [0.3, 0.4) is 0 Å². The number of rotatable bonds is 3. The SMILES string of the molecule is NC(=S)c1ccc(Br)cc1NC(=O)c1cccc(O)c1. The highest BCUT2D eigenvalue weighted by atomic mass is 79.9. The second-order valence-corrected chi connectivity index (χ2v) is 5.41. The van der Waals surface area contributed by atoms with Crippen molar-refractivity contribution in [1.82, 2.24) is 0 Å². The lowest BCUT2D eigenvalue weighted by Crippen LogP contribution is -2.17. The van der Waals surface area contributed by atoms with E-state index in [1.54, 1.807) is 30.3 Å². The van der Waals surface area contributed by atoms with E-state index in [-0.39, 0.29) is 16.6 Å². The van der Waals surface area contributed by atoms with Crippen LogP contribution in [0.2, 0.25) is 0 Å². The molecule has 0 bridgehead atoms. The Bertz CT molecular complexity index is 689. The van der Waals surface area contributed by atoms with Crippen LogP contribution in [-0.4, -0.2) is 16.0 Å². The number of nitrogens with one attached hydrogen (secondary N) is 1. The van der Waals surface area contributed by atoms with Gasteiger partial charge in [-0.2, -0.15) is 0 Å². The molecule has 0 saturated carbocycles. The van der Waals surface area contributed by atoms with Gasteiger partial charge in [0.05, 0.1) is 5.69 Å². The first-order valence-electron chi connectivity index (χ1n) is 5.67. The van der Waals surface area contributed by atoms with Crippen molar-refractivity contribution in [2.45, 2.75) is 0 Å². The molecule has 0 atom stereocenters. The van der Waals surface area contributed by atoms with Crippen molar-refractivity contribution in [3.63, 3.8) is 0 Å². The Kier molecular flexibility index (Phi) is 4.36. The number of nitrogens with two attached hydrogens (primary N) is 1. The quantitative estimate of drug-likeness (QED) is 0.743. The summed E-state index contributed by atoms with van der Waals surface area (Å²) in [6.07, 6.45) is 0. The van der Waals surface area contributed by atoms with Crippen LogP contribution in [0.5, 0.6) is 5.75 Å². The smallest absolute Gasteiger partial charge is 0.255 e. The lowest BCUT2D eigenvalue weighted by atomic mass is 10.1. The lowest BCUT2D eigenvalue weighted by Gasteiger charge is -2.11. The normalized spacial score (nSPS) is 10.1. The molecule has 0 aromatic heterocycles. The molecule has 0 aliphatic rings. The van der Waals surface area contributed by atoms with Gasteiger partial charge in [-0.15, -0.1) is 0 Å². The molecule has 0 heterocycles. The standard InChI is InChI=1S/C14H11BrN2O2S/c15-9-4-5-11(13(16)20)12(7-9)17-14(19)8-2-1-3-10(18)6-8/h1-7,18H,(H2,16,20)(H,17,19). The van der Waals surface area contributed by atoms with Crippen molar-refractivity contribution in [3.8, 4) is 5.75 Å². The zero-order valence-corrected chi connectivity index (χ0v) is 12.7. The highest BCUT2D eigenvalue weighted by Gasteiger charge is 2.11. The van der Waals surface area contributed by atoms with E-state index in [0.717, 1.165) is 4.47 Å². The van der Waals surface area contributed by atoms with E-state index in [1.165, 1.54) is 12.1 Å². The molecule has 4 N–H and O–H groups in total. The number of carbonyl (C=O) groups is 1. The van der Waals surface area contributed by atoms with Gasteiger partial charge < -0.3 is 16.2 Å². The van der Waals surface area contributed by atoms with Gasteiger partial charge in [0.1, 0.15) is 10.7 Å². The monoisotopic (exact) mass is 350 g/mol. The molecule has 20 heavy (non-hydrogen) atoms. The van der Waals surface area contributed by atoms with Crippen molar-refractivity contribution >= 4 is 44.7 Å². The molecule has 0 unspecified atom stereocenters. The van der Waals surface area contributed by atoms with Crippen LogP contribution >= 0.6 is 28.1 Å². The lowest BCUT2D eigenvalue weighted by molar-refractivity contribution is 0.102. The molecular weight excluding hydrogens is 340 g/mol. The summed E-state index contributed by atoms with van der Waals surface area (Å²) in [6, 6.07) is 11.3. The first-order chi connectivity index (χ1) is 9.47. The van der Waals surface area contributed by atoms with Gasteiger partial charge >= 0.3 is 0 Å². The molecular formula is C14H11BrN2O2S. The second-order valence-electron chi connectivity index (χ2n) is 4.06. The third-order valence-electron chi connectivity index (χ3n) is 2.60. The number of halogens is 1. The average Bonchev–Trinajstić information content (AvgIpc) is 2.38. The largest absolute Gasteiger partial charge is 0.508 e. The number of phenols is 1. The third-order valence-corrected chi connectivity index (χ3v) is 3.32. The number of hydrogen-bond donors (Lipinski definition) is 3. The minimum Gasteiger partial charge on any atom is -0.508 e. The van der Waals surface area contributed by atoms with Gasteiger partial charge in [0.15, 0.2) is 0 Å². The van der Waals surface area contributed by atoms with E-state index >= 15 is 0 Å². The van der Waals surface area contributed by atoms with Crippen molar-refractivity contribution in [3.05, 3.63) is 58.1 Å². The van der Waals surface area contributed by atoms with E-state index in [9.17, 15) is 9.90 Å². The summed E-state index contributed by atoms with van der Waals surface area (Å²) in [6.45, 7) is 0. The molecule has 1 amide bonds. The summed E-state index contributed by atoms with van der Waals surface area (Å²) >= 11 is 8.28. The Hall–Kier alpha value is -1.92. The predicted octanol–water partition coefficient (Wildman–Crippen LogP) is 3.04. The summed E-state index contributed by atoms with van der Waals surface area (Å²) in [5.41, 5.74) is 7.07. The fourth-order valence-corrected chi connectivity index (χ4v) is 2.22. The Morgan fingerprint density at radius 2 is 2.00 bits per heavy atom. The number of anilines is 1. The Morgan fingerprint density at radius 3 is 2.65 bits per heavy atom. The van der Waals surface area contributed by atoms with Crippen LogP contribution in [0.1, 0.15) is 15.9 Å². The molecule has 0 saturated heterocycles. The zero-order valence-electron chi connectivity index (χ0n) is 10.3. The van der Waals surface area contributed by atoms with Crippen molar-refractivity contribution in [2.75, 3.05) is 5.32 Å². The highest BCUT2D eigenvalue weighted by molar-refractivity contribution is 9.10. The second kappa shape index (κ2) is 6.02. The Labute approximate surface area is 129 Å². The third kappa shape index (κ3) is 3.34. The molecule has 6 heteroatoms. The molecule has 0 aliphatic heterocycles. The van der Waals surface area contributed by atoms with Gasteiger partial charge in [0.2, 0.25) is 0 Å². The van der Waals surface area contributed by atoms with Gasteiger partial charge in [-0.3, -0.25) is 4.79 Å². The number of amides is 1. The van der Waals surface area contributed by atoms with Crippen LogP contribution in [0.25, 0.3) is 0 Å². The van der Waals surface area contributed by atoms with E-state index in [0.29, 0.717) is 16.8 Å². The summed E-state index contributed by atoms with van der Waals surface area (Å²) in [5.74, 6) is -0.321. The topological polar surface area (TPSA) is 75.3 Å². The van der Waals surface area contributed by atoms with E-state index in [4.69, 9.17) is 18.0 Å². The van der Waals surface area contributed by atoms with Gasteiger partial charge in [-0.25, -0.2) is 0 Å². The molecule has 0 fully saturated rings. The van der Waals surface area contributed by atoms with Gasteiger partial charge in [0.25, 0.3) is 5.91 Å². The fourth-order valence-electron chi connectivity index (χ4n) is 1.68. The first kappa shape index (κ1) is 14.5. The van der Waals surface area contributed by atoms with Crippen molar-refractivity contribution in [1.29, 1.82) is 0 Å². The summed E-state index contributed by atoms with van der Waals surface area (Å²) in [4.78, 5) is 12.3. The van der Waals surface area contributed by atoms with E-state index in [2.05, 4.69) is 21.2 Å². The van der Waals surface area contributed by atoms with Crippen molar-refractivity contribution < 1.29 is 9.90 Å². The summed E-state index contributed by atoms with van der Waals surface area (Å²) < 4.78 is 0.795. The molecule has 0 spiro atoms. The minimum atomic E-state index is -0.350. The maximum absolute atomic E-state index is 12.1. The van der Waals surface area contributed by atoms with Gasteiger partial charge in [-0.05, 0) is 36.4 Å². The number of phenolic OH excluding ortho intramolecular Hbond substituents is 1. The molecule has 2 rings (SSSR count). The summed E-state index contributed by atoms with van der Waals surface area (Å²) in [5, 5.41) is 12.1. The first-order valence-corrected chi connectivity index (χ1v) is 6.87. The number of thiocarbonyl (C=S) groups is 1. The number of benzene rings is 2. The predicted molar refractivity (Wildman–Crippen MR) is 86.1 cm³/mol. The number of carbonyl (C=O) groups excluding carboxylic acids is 1. The number of aromatic hydroxyl groups is 1. The van der Waals surface area contributed by atoms with Crippen LogP contribution in [0, 0.1) is 0 Å². The Balaban J connectivity index is 2.32. The van der Waals surface area contributed by atoms with Gasteiger partial charge in [0, 0.05) is 15.6 Å². The van der Waals surface area contributed by atoms with Crippen LogP contribution in [0.15, 0.2) is 46.9 Å². The minimum absolute atomic E-state index is 0.0291. The average molecular weight is 351 g/mol. The van der Waals surface area contributed by atoms with E-state index < -0.39 is 0 Å².